The first-order chi connectivity index (χ1) is 10.6. The van der Waals surface area contributed by atoms with E-state index in [0.29, 0.717) is 29.6 Å². The van der Waals surface area contributed by atoms with Crippen molar-refractivity contribution in [1.29, 1.82) is 0 Å². The summed E-state index contributed by atoms with van der Waals surface area (Å²) in [5.41, 5.74) is -0.189. The van der Waals surface area contributed by atoms with Crippen molar-refractivity contribution < 1.29 is 15.1 Å². The molecular weight excluding hydrogens is 308 g/mol. The molecule has 0 aromatic carbocycles. The molecule has 3 rings (SSSR count). The molecule has 2 N–H and O–H groups in total. The van der Waals surface area contributed by atoms with Crippen molar-refractivity contribution >= 4 is 34.8 Å². The smallest absolute Gasteiger partial charge is 0.329 e. The Morgan fingerprint density at radius 2 is 2.14 bits per heavy atom. The summed E-state index contributed by atoms with van der Waals surface area (Å²) in [4.78, 5) is 20.2. The third-order valence-electron chi connectivity index (χ3n) is 4.24. The van der Waals surface area contributed by atoms with Gasteiger partial charge in [0.25, 0.3) is 0 Å². The van der Waals surface area contributed by atoms with Crippen LogP contribution >= 0.6 is 11.6 Å². The van der Waals surface area contributed by atoms with Gasteiger partial charge in [-0.25, -0.2) is 9.78 Å². The van der Waals surface area contributed by atoms with Crippen LogP contribution in [0.1, 0.15) is 37.8 Å². The molecule has 0 saturated heterocycles. The SMILES string of the molecule is O=C(O)C1(n2c(/C=N/O)cc3cnc(Cl)nc32)CCCCC1. The minimum Gasteiger partial charge on any atom is -0.479 e. The molecule has 0 aliphatic heterocycles. The van der Waals surface area contributed by atoms with Crippen LogP contribution in [0.25, 0.3) is 11.0 Å². The van der Waals surface area contributed by atoms with E-state index < -0.39 is 11.5 Å². The zero-order valence-corrected chi connectivity index (χ0v) is 12.5. The first kappa shape index (κ1) is 14.8. The molecule has 116 valence electrons. The topological polar surface area (TPSA) is 101 Å². The van der Waals surface area contributed by atoms with Gasteiger partial charge >= 0.3 is 5.97 Å². The fraction of sp³-hybridized carbons (Fsp3) is 0.429. The van der Waals surface area contributed by atoms with Crippen LogP contribution < -0.4 is 0 Å². The summed E-state index contributed by atoms with van der Waals surface area (Å²) < 4.78 is 1.62. The Morgan fingerprint density at radius 3 is 2.77 bits per heavy atom. The first-order valence-electron chi connectivity index (χ1n) is 7.04. The number of oxime groups is 1. The largest absolute Gasteiger partial charge is 0.479 e. The number of hydrogen-bond acceptors (Lipinski definition) is 5. The average molecular weight is 323 g/mol. The summed E-state index contributed by atoms with van der Waals surface area (Å²) in [5.74, 6) is -0.910. The number of aliphatic carboxylic acids is 1. The lowest BCUT2D eigenvalue weighted by Crippen LogP contribution is -2.44. The summed E-state index contributed by atoms with van der Waals surface area (Å²) >= 11 is 5.87. The minimum atomic E-state index is -1.10. The van der Waals surface area contributed by atoms with E-state index in [-0.39, 0.29) is 5.28 Å². The number of carboxylic acid groups (broad SMARTS) is 1. The van der Waals surface area contributed by atoms with Crippen molar-refractivity contribution in [3.05, 3.63) is 23.2 Å². The lowest BCUT2D eigenvalue weighted by atomic mass is 9.81. The van der Waals surface area contributed by atoms with Gasteiger partial charge in [0.05, 0.1) is 11.9 Å². The molecule has 22 heavy (non-hydrogen) atoms. The van der Waals surface area contributed by atoms with Gasteiger partial charge in [0.1, 0.15) is 11.2 Å². The van der Waals surface area contributed by atoms with E-state index in [0.717, 1.165) is 19.3 Å². The third-order valence-corrected chi connectivity index (χ3v) is 4.42. The molecule has 2 heterocycles. The Hall–Kier alpha value is -2.15. The van der Waals surface area contributed by atoms with Crippen LogP contribution in [-0.4, -0.2) is 37.0 Å². The summed E-state index contributed by atoms with van der Waals surface area (Å²) in [5, 5.41) is 22.5. The number of carbonyl (C=O) groups is 1. The maximum absolute atomic E-state index is 12.1. The van der Waals surface area contributed by atoms with E-state index >= 15 is 0 Å². The van der Waals surface area contributed by atoms with Gasteiger partial charge < -0.3 is 14.9 Å². The summed E-state index contributed by atoms with van der Waals surface area (Å²) in [6.45, 7) is 0. The molecule has 7 nitrogen and oxygen atoms in total. The Kier molecular flexibility index (Phi) is 3.74. The molecule has 1 fully saturated rings. The molecule has 0 unspecified atom stereocenters. The molecule has 0 bridgehead atoms. The first-order valence-corrected chi connectivity index (χ1v) is 7.41. The molecule has 1 aliphatic rings. The Labute approximate surface area is 131 Å². The van der Waals surface area contributed by atoms with E-state index in [1.165, 1.54) is 12.4 Å². The molecule has 0 atom stereocenters. The fourth-order valence-electron chi connectivity index (χ4n) is 3.26. The molecule has 1 aliphatic carbocycles. The molecule has 0 amide bonds. The second kappa shape index (κ2) is 5.57. The predicted octanol–water partition coefficient (Wildman–Crippen LogP) is 2.64. The second-order valence-electron chi connectivity index (χ2n) is 5.46. The van der Waals surface area contributed by atoms with Gasteiger partial charge in [0.15, 0.2) is 0 Å². The van der Waals surface area contributed by atoms with E-state index in [2.05, 4.69) is 15.1 Å². The van der Waals surface area contributed by atoms with Gasteiger partial charge in [0, 0.05) is 11.6 Å². The van der Waals surface area contributed by atoms with Crippen LogP contribution in [0.15, 0.2) is 17.4 Å². The van der Waals surface area contributed by atoms with Crippen molar-refractivity contribution in [2.24, 2.45) is 5.16 Å². The van der Waals surface area contributed by atoms with Crippen LogP contribution in [0, 0.1) is 0 Å². The molecule has 8 heteroatoms. The lowest BCUT2D eigenvalue weighted by Gasteiger charge is -2.36. The van der Waals surface area contributed by atoms with Crippen LogP contribution in [-0.2, 0) is 10.3 Å². The second-order valence-corrected chi connectivity index (χ2v) is 5.80. The predicted molar refractivity (Wildman–Crippen MR) is 80.6 cm³/mol. The normalized spacial score (nSPS) is 18.0. The third kappa shape index (κ3) is 2.21. The van der Waals surface area contributed by atoms with Crippen molar-refractivity contribution in [3.8, 4) is 0 Å². The van der Waals surface area contributed by atoms with Gasteiger partial charge in [-0.2, -0.15) is 4.98 Å². The highest BCUT2D eigenvalue weighted by molar-refractivity contribution is 6.28. The summed E-state index contributed by atoms with van der Waals surface area (Å²) in [6, 6.07) is 1.70. The minimum absolute atomic E-state index is 0.0516. The fourth-order valence-corrected chi connectivity index (χ4v) is 3.39. The number of hydrogen-bond donors (Lipinski definition) is 2. The van der Waals surface area contributed by atoms with Gasteiger partial charge in [-0.05, 0) is 30.5 Å². The van der Waals surface area contributed by atoms with Crippen LogP contribution in [0.5, 0.6) is 0 Å². The van der Waals surface area contributed by atoms with E-state index in [4.69, 9.17) is 16.8 Å². The van der Waals surface area contributed by atoms with Gasteiger partial charge in [-0.3, -0.25) is 0 Å². The van der Waals surface area contributed by atoms with Crippen molar-refractivity contribution in [2.75, 3.05) is 0 Å². The number of fused-ring (bicyclic) bond motifs is 1. The molecule has 0 spiro atoms. The highest BCUT2D eigenvalue weighted by Gasteiger charge is 2.43. The van der Waals surface area contributed by atoms with Crippen molar-refractivity contribution in [2.45, 2.75) is 37.6 Å². The van der Waals surface area contributed by atoms with Gasteiger partial charge in [-0.1, -0.05) is 24.4 Å². The standard InChI is InChI=1S/C14H15ClN4O3/c15-13-16-7-9-6-10(8-17-22)19(11(9)18-13)14(12(20)21)4-2-1-3-5-14/h6-8,22H,1-5H2,(H,20,21)/b17-8+. The molecule has 0 radical (unpaired) electrons. The van der Waals surface area contributed by atoms with Crippen LogP contribution in [0.4, 0.5) is 0 Å². The van der Waals surface area contributed by atoms with Crippen molar-refractivity contribution in [1.82, 2.24) is 14.5 Å². The highest BCUT2D eigenvalue weighted by atomic mass is 35.5. The number of rotatable bonds is 3. The van der Waals surface area contributed by atoms with Crippen molar-refractivity contribution in [3.63, 3.8) is 0 Å². The van der Waals surface area contributed by atoms with E-state index in [1.54, 1.807) is 10.6 Å². The van der Waals surface area contributed by atoms with Gasteiger partial charge in [-0.15, -0.1) is 0 Å². The maximum Gasteiger partial charge on any atom is 0.329 e. The monoisotopic (exact) mass is 322 g/mol. The summed E-state index contributed by atoms with van der Waals surface area (Å²) in [6.07, 6.45) is 6.40. The zero-order chi connectivity index (χ0) is 15.7. The van der Waals surface area contributed by atoms with E-state index in [9.17, 15) is 9.90 Å². The number of halogens is 1. The lowest BCUT2D eigenvalue weighted by molar-refractivity contribution is -0.149. The number of nitrogens with zero attached hydrogens (tertiary/aromatic N) is 4. The molecular formula is C14H15ClN4O3. The molecule has 1 saturated carbocycles. The Balaban J connectivity index is 2.32. The van der Waals surface area contributed by atoms with Gasteiger partial charge in [0.2, 0.25) is 5.28 Å². The van der Waals surface area contributed by atoms with Crippen LogP contribution in [0.2, 0.25) is 5.28 Å². The number of aromatic nitrogens is 3. The highest BCUT2D eigenvalue weighted by Crippen LogP contribution is 2.39. The maximum atomic E-state index is 12.1. The molecule has 2 aromatic rings. The Morgan fingerprint density at radius 1 is 1.41 bits per heavy atom. The summed E-state index contributed by atoms with van der Waals surface area (Å²) in [7, 11) is 0. The van der Waals surface area contributed by atoms with Crippen LogP contribution in [0.3, 0.4) is 0 Å². The molecule has 2 aromatic heterocycles. The quantitative estimate of drug-likeness (QED) is 0.391. The average Bonchev–Trinajstić information content (AvgIpc) is 2.86. The van der Waals surface area contributed by atoms with E-state index in [1.807, 2.05) is 0 Å². The Bertz CT molecular complexity index is 750. The number of carboxylic acids is 1. The zero-order valence-electron chi connectivity index (χ0n) is 11.7.